The van der Waals surface area contributed by atoms with Gasteiger partial charge in [-0.15, -0.1) is 0 Å². The number of hydrogen-bond acceptors (Lipinski definition) is 7. The van der Waals surface area contributed by atoms with Gasteiger partial charge in [-0.25, -0.2) is 9.59 Å². The van der Waals surface area contributed by atoms with Crippen LogP contribution in [0, 0.1) is 11.8 Å². The quantitative estimate of drug-likeness (QED) is 0.0677. The SMILES string of the molecule is C=C(C)C(=O)OCCCc1cc(-c2ccc(-c3ccc(C4CCC(C)CC4)cc3)cc2C2CC2)cc(CCCOC(=O)C(=C)C)c1OCCC(CO)CO. The number of ether oxygens (including phenoxy) is 3. The molecular weight excluding hydrogens is 677 g/mol. The standard InChI is InChI=1S/C47H60O7/c1-31(2)46(50)53-23-6-8-40-26-42(27-41(9-7-24-54-47(51)32(3)4)45(40)52-25-22-34(29-48)30-49)43-21-20-39(28-44(43)38-18-19-38)37-16-14-36(15-17-37)35-12-10-33(5)11-13-35/h14-17,20-21,26-28,33-35,38,48-49H,1,3,6-13,18-19,22-25,29-30H2,2,4-5H3. The van der Waals surface area contributed by atoms with Crippen molar-refractivity contribution in [3.8, 4) is 28.0 Å². The summed E-state index contributed by atoms with van der Waals surface area (Å²) in [7, 11) is 0. The minimum Gasteiger partial charge on any atom is -0.493 e. The molecule has 2 fully saturated rings. The first-order valence-corrected chi connectivity index (χ1v) is 20.0. The number of carbonyl (C=O) groups is 2. The summed E-state index contributed by atoms with van der Waals surface area (Å²) in [5.74, 6) is 1.67. The summed E-state index contributed by atoms with van der Waals surface area (Å²) in [4.78, 5) is 24.2. The number of aryl methyl sites for hydroxylation is 2. The highest BCUT2D eigenvalue weighted by atomic mass is 16.5. The van der Waals surface area contributed by atoms with Gasteiger partial charge >= 0.3 is 11.9 Å². The van der Waals surface area contributed by atoms with Crippen molar-refractivity contribution in [1.82, 2.24) is 0 Å². The van der Waals surface area contributed by atoms with Crippen LogP contribution in [-0.2, 0) is 31.9 Å². The van der Waals surface area contributed by atoms with Gasteiger partial charge in [0.25, 0.3) is 0 Å². The minimum absolute atomic E-state index is 0.120. The van der Waals surface area contributed by atoms with Gasteiger partial charge in [0.1, 0.15) is 5.75 Å². The van der Waals surface area contributed by atoms with E-state index in [2.05, 4.69) is 74.7 Å². The van der Waals surface area contributed by atoms with E-state index in [-0.39, 0.29) is 32.3 Å². The van der Waals surface area contributed by atoms with E-state index in [9.17, 15) is 19.8 Å². The normalized spacial score (nSPS) is 16.9. The van der Waals surface area contributed by atoms with Gasteiger partial charge in [-0.05, 0) is 146 Å². The molecular formula is C47H60O7. The Morgan fingerprint density at radius 2 is 1.24 bits per heavy atom. The number of rotatable bonds is 20. The van der Waals surface area contributed by atoms with E-state index < -0.39 is 11.9 Å². The molecule has 2 aliphatic rings. The fourth-order valence-electron chi connectivity index (χ4n) is 7.41. The van der Waals surface area contributed by atoms with Crippen LogP contribution in [0.4, 0.5) is 0 Å². The topological polar surface area (TPSA) is 102 Å². The molecule has 0 spiro atoms. The molecule has 0 atom stereocenters. The first kappa shape index (κ1) is 41.0. The molecule has 0 heterocycles. The maximum Gasteiger partial charge on any atom is 0.333 e. The molecule has 0 saturated heterocycles. The smallest absolute Gasteiger partial charge is 0.333 e. The molecule has 7 nitrogen and oxygen atoms in total. The second-order valence-corrected chi connectivity index (χ2v) is 15.7. The van der Waals surface area contributed by atoms with Gasteiger partial charge in [0.2, 0.25) is 0 Å². The average molecular weight is 737 g/mol. The number of esters is 2. The van der Waals surface area contributed by atoms with Crippen molar-refractivity contribution >= 4 is 11.9 Å². The zero-order chi connectivity index (χ0) is 38.6. The van der Waals surface area contributed by atoms with Crippen molar-refractivity contribution in [3.63, 3.8) is 0 Å². The Labute approximate surface area is 322 Å². The summed E-state index contributed by atoms with van der Waals surface area (Å²) in [5.41, 5.74) is 10.3. The van der Waals surface area contributed by atoms with Crippen LogP contribution in [0.15, 0.2) is 78.9 Å². The summed E-state index contributed by atoms with van der Waals surface area (Å²) in [6, 6.07) is 20.5. The molecule has 2 saturated carbocycles. The van der Waals surface area contributed by atoms with Gasteiger partial charge in [-0.2, -0.15) is 0 Å². The number of hydrogen-bond donors (Lipinski definition) is 2. The Balaban J connectivity index is 1.47. The van der Waals surface area contributed by atoms with Crippen molar-refractivity contribution in [3.05, 3.63) is 101 Å². The summed E-state index contributed by atoms with van der Waals surface area (Å²) in [6.07, 6.45) is 10.4. The predicted octanol–water partition coefficient (Wildman–Crippen LogP) is 9.67. The van der Waals surface area contributed by atoms with Crippen LogP contribution in [0.5, 0.6) is 5.75 Å². The van der Waals surface area contributed by atoms with E-state index in [4.69, 9.17) is 14.2 Å². The van der Waals surface area contributed by atoms with Crippen molar-refractivity contribution in [2.24, 2.45) is 11.8 Å². The molecule has 2 aliphatic carbocycles. The lowest BCUT2D eigenvalue weighted by atomic mass is 9.79. The second kappa shape index (κ2) is 19.9. The van der Waals surface area contributed by atoms with Crippen molar-refractivity contribution < 1.29 is 34.0 Å². The van der Waals surface area contributed by atoms with Crippen molar-refractivity contribution in [1.29, 1.82) is 0 Å². The van der Waals surface area contributed by atoms with Gasteiger partial charge in [0.15, 0.2) is 0 Å². The fourth-order valence-corrected chi connectivity index (χ4v) is 7.41. The highest BCUT2D eigenvalue weighted by molar-refractivity contribution is 5.87. The first-order valence-electron chi connectivity index (χ1n) is 20.0. The van der Waals surface area contributed by atoms with Gasteiger partial charge in [0.05, 0.1) is 19.8 Å². The summed E-state index contributed by atoms with van der Waals surface area (Å²) in [5, 5.41) is 19.4. The van der Waals surface area contributed by atoms with Gasteiger partial charge < -0.3 is 24.4 Å². The molecule has 0 bridgehead atoms. The number of aliphatic hydroxyl groups is 2. The van der Waals surface area contributed by atoms with Crippen molar-refractivity contribution in [2.75, 3.05) is 33.0 Å². The molecule has 0 unspecified atom stereocenters. The lowest BCUT2D eigenvalue weighted by molar-refractivity contribution is -0.139. The number of aliphatic hydroxyl groups excluding tert-OH is 2. The molecule has 0 radical (unpaired) electrons. The number of carbonyl (C=O) groups excluding carboxylic acids is 2. The maximum absolute atomic E-state index is 12.1. The van der Waals surface area contributed by atoms with Gasteiger partial charge in [-0.1, -0.05) is 75.4 Å². The van der Waals surface area contributed by atoms with Gasteiger partial charge in [-0.3, -0.25) is 0 Å². The van der Waals surface area contributed by atoms with E-state index in [0.29, 0.717) is 61.7 Å². The molecule has 0 amide bonds. The zero-order valence-corrected chi connectivity index (χ0v) is 32.7. The molecule has 3 aromatic rings. The highest BCUT2D eigenvalue weighted by Gasteiger charge is 2.28. The van der Waals surface area contributed by atoms with Crippen LogP contribution in [-0.4, -0.2) is 55.2 Å². The van der Waals surface area contributed by atoms with Crippen LogP contribution in [0.25, 0.3) is 22.3 Å². The molecule has 7 heteroatoms. The minimum atomic E-state index is -0.406. The Hall–Kier alpha value is -4.20. The second-order valence-electron chi connectivity index (χ2n) is 15.7. The van der Waals surface area contributed by atoms with Crippen LogP contribution < -0.4 is 4.74 Å². The summed E-state index contributed by atoms with van der Waals surface area (Å²) >= 11 is 0. The third-order valence-electron chi connectivity index (χ3n) is 11.0. The van der Waals surface area contributed by atoms with E-state index in [1.165, 1.54) is 53.5 Å². The largest absolute Gasteiger partial charge is 0.493 e. The Kier molecular flexibility index (Phi) is 15.1. The molecule has 3 aromatic carbocycles. The molecule has 290 valence electrons. The maximum atomic E-state index is 12.1. The van der Waals surface area contributed by atoms with Crippen molar-refractivity contribution in [2.45, 2.75) is 103 Å². The van der Waals surface area contributed by atoms with Crippen LogP contribution in [0.2, 0.25) is 0 Å². The van der Waals surface area contributed by atoms with E-state index in [0.717, 1.165) is 41.2 Å². The third kappa shape index (κ3) is 11.4. The fraction of sp³-hybridized carbons (Fsp3) is 0.489. The first-order chi connectivity index (χ1) is 26.1. The Bertz CT molecular complexity index is 1690. The summed E-state index contributed by atoms with van der Waals surface area (Å²) < 4.78 is 17.4. The number of benzene rings is 3. The van der Waals surface area contributed by atoms with Crippen LogP contribution in [0.1, 0.15) is 113 Å². The molecule has 0 aromatic heterocycles. The highest BCUT2D eigenvalue weighted by Crippen LogP contribution is 2.47. The monoisotopic (exact) mass is 736 g/mol. The predicted molar refractivity (Wildman–Crippen MR) is 216 cm³/mol. The van der Waals surface area contributed by atoms with E-state index in [1.54, 1.807) is 13.8 Å². The molecule has 0 aliphatic heterocycles. The van der Waals surface area contributed by atoms with E-state index in [1.807, 2.05) is 0 Å². The third-order valence-corrected chi connectivity index (χ3v) is 11.0. The summed E-state index contributed by atoms with van der Waals surface area (Å²) in [6.45, 7) is 13.6. The van der Waals surface area contributed by atoms with Gasteiger partial charge in [0, 0.05) is 30.3 Å². The lowest BCUT2D eigenvalue weighted by Gasteiger charge is -2.26. The molecule has 5 rings (SSSR count). The molecule has 2 N–H and O–H groups in total. The van der Waals surface area contributed by atoms with Crippen LogP contribution >= 0.6 is 0 Å². The zero-order valence-electron chi connectivity index (χ0n) is 32.7. The Morgan fingerprint density at radius 3 is 1.76 bits per heavy atom. The van der Waals surface area contributed by atoms with Crippen LogP contribution in [0.3, 0.4) is 0 Å². The lowest BCUT2D eigenvalue weighted by Crippen LogP contribution is -2.16. The Morgan fingerprint density at radius 1 is 0.704 bits per heavy atom. The van der Waals surface area contributed by atoms with E-state index >= 15 is 0 Å². The molecule has 54 heavy (non-hydrogen) atoms. The average Bonchev–Trinajstić information content (AvgIpc) is 4.03.